The number of carboxylic acids is 1. The molecule has 0 heterocycles. The Morgan fingerprint density at radius 2 is 2.05 bits per heavy atom. The van der Waals surface area contributed by atoms with Crippen molar-refractivity contribution in [3.8, 4) is 0 Å². The highest BCUT2D eigenvalue weighted by Gasteiger charge is 2.21. The summed E-state index contributed by atoms with van der Waals surface area (Å²) >= 11 is 5.69. The van der Waals surface area contributed by atoms with Crippen LogP contribution in [-0.2, 0) is 4.79 Å². The van der Waals surface area contributed by atoms with Crippen LogP contribution in [0.3, 0.4) is 0 Å². The van der Waals surface area contributed by atoms with Crippen molar-refractivity contribution < 1.29 is 19.1 Å². The summed E-state index contributed by atoms with van der Waals surface area (Å²) < 4.78 is 13.4. The molecule has 2 amide bonds. The standard InChI is InChI=1S/C13H16ClFN2O3/c1-7(2)5-11(12(18)19)17-13(20)16-10-6-8(14)3-4-9(10)15/h3-4,6-7,11H,5H2,1-2H3,(H,18,19)(H2,16,17,20). The molecule has 5 nitrogen and oxygen atoms in total. The predicted molar refractivity (Wildman–Crippen MR) is 74.4 cm³/mol. The van der Waals surface area contributed by atoms with Crippen LogP contribution in [-0.4, -0.2) is 23.1 Å². The number of carbonyl (C=O) groups excluding carboxylic acids is 1. The summed E-state index contributed by atoms with van der Waals surface area (Å²) in [4.78, 5) is 22.7. The Bertz CT molecular complexity index is 508. The van der Waals surface area contributed by atoms with Gasteiger partial charge in [0.15, 0.2) is 0 Å². The number of amides is 2. The summed E-state index contributed by atoms with van der Waals surface area (Å²) in [6.45, 7) is 3.68. The van der Waals surface area contributed by atoms with E-state index in [9.17, 15) is 14.0 Å². The molecule has 0 aliphatic heterocycles. The number of urea groups is 1. The second kappa shape index (κ2) is 7.09. The number of anilines is 1. The van der Waals surface area contributed by atoms with E-state index in [1.807, 2.05) is 13.8 Å². The molecule has 0 radical (unpaired) electrons. The van der Waals surface area contributed by atoms with Crippen LogP contribution >= 0.6 is 11.6 Å². The number of carboxylic acid groups (broad SMARTS) is 1. The predicted octanol–water partition coefficient (Wildman–Crippen LogP) is 3.10. The number of hydrogen-bond acceptors (Lipinski definition) is 2. The summed E-state index contributed by atoms with van der Waals surface area (Å²) in [7, 11) is 0. The molecule has 0 fully saturated rings. The van der Waals surface area contributed by atoms with E-state index in [1.54, 1.807) is 0 Å². The Morgan fingerprint density at radius 1 is 1.40 bits per heavy atom. The molecule has 0 aliphatic rings. The monoisotopic (exact) mass is 302 g/mol. The molecule has 0 saturated carbocycles. The first kappa shape index (κ1) is 16.2. The minimum Gasteiger partial charge on any atom is -0.480 e. The van der Waals surface area contributed by atoms with Gasteiger partial charge >= 0.3 is 12.0 Å². The fraction of sp³-hybridized carbons (Fsp3) is 0.385. The van der Waals surface area contributed by atoms with Crippen LogP contribution in [0, 0.1) is 11.7 Å². The molecule has 7 heteroatoms. The molecule has 1 aromatic carbocycles. The molecule has 1 atom stereocenters. The summed E-state index contributed by atoms with van der Waals surface area (Å²) in [5.41, 5.74) is -0.108. The average molecular weight is 303 g/mol. The van der Waals surface area contributed by atoms with Gasteiger partial charge in [-0.25, -0.2) is 14.0 Å². The fourth-order valence-corrected chi connectivity index (χ4v) is 1.77. The Balaban J connectivity index is 2.70. The lowest BCUT2D eigenvalue weighted by molar-refractivity contribution is -0.139. The Morgan fingerprint density at radius 3 is 2.60 bits per heavy atom. The third-order valence-corrected chi connectivity index (χ3v) is 2.72. The number of carbonyl (C=O) groups is 2. The van der Waals surface area contributed by atoms with E-state index in [2.05, 4.69) is 10.6 Å². The highest BCUT2D eigenvalue weighted by molar-refractivity contribution is 6.30. The van der Waals surface area contributed by atoms with Crippen LogP contribution in [0.2, 0.25) is 5.02 Å². The van der Waals surface area contributed by atoms with Crippen molar-refractivity contribution in [3.63, 3.8) is 0 Å². The lowest BCUT2D eigenvalue weighted by Crippen LogP contribution is -2.43. The van der Waals surface area contributed by atoms with Crippen molar-refractivity contribution in [1.29, 1.82) is 0 Å². The van der Waals surface area contributed by atoms with Gasteiger partial charge in [-0.2, -0.15) is 0 Å². The van der Waals surface area contributed by atoms with Crippen molar-refractivity contribution in [1.82, 2.24) is 5.32 Å². The van der Waals surface area contributed by atoms with Gasteiger partial charge in [0.25, 0.3) is 0 Å². The van der Waals surface area contributed by atoms with E-state index in [-0.39, 0.29) is 23.0 Å². The van der Waals surface area contributed by atoms with Gasteiger partial charge < -0.3 is 15.7 Å². The Labute approximate surface area is 121 Å². The van der Waals surface area contributed by atoms with Crippen LogP contribution < -0.4 is 10.6 Å². The van der Waals surface area contributed by atoms with Gasteiger partial charge in [-0.05, 0) is 30.5 Å². The maximum absolute atomic E-state index is 13.4. The first-order chi connectivity index (χ1) is 9.29. The molecule has 0 saturated heterocycles. The minimum absolute atomic E-state index is 0.0966. The molecule has 110 valence electrons. The third kappa shape index (κ3) is 5.05. The summed E-state index contributed by atoms with van der Waals surface area (Å²) in [5.74, 6) is -1.69. The van der Waals surface area contributed by atoms with Crippen molar-refractivity contribution in [2.75, 3.05) is 5.32 Å². The smallest absolute Gasteiger partial charge is 0.326 e. The SMILES string of the molecule is CC(C)CC(NC(=O)Nc1cc(Cl)ccc1F)C(=O)O. The van der Waals surface area contributed by atoms with Gasteiger partial charge in [0.1, 0.15) is 11.9 Å². The van der Waals surface area contributed by atoms with E-state index in [0.29, 0.717) is 0 Å². The van der Waals surface area contributed by atoms with Crippen LogP contribution in [0.1, 0.15) is 20.3 Å². The topological polar surface area (TPSA) is 78.4 Å². The summed E-state index contributed by atoms with van der Waals surface area (Å²) in [6.07, 6.45) is 0.279. The normalized spacial score (nSPS) is 12.1. The number of aliphatic carboxylic acids is 1. The molecule has 0 aliphatic carbocycles. The first-order valence-electron chi connectivity index (χ1n) is 6.05. The maximum atomic E-state index is 13.4. The number of halogens is 2. The van der Waals surface area contributed by atoms with Gasteiger partial charge in [0.2, 0.25) is 0 Å². The zero-order chi connectivity index (χ0) is 15.3. The molecule has 1 unspecified atom stereocenters. The van der Waals surface area contributed by atoms with Crippen LogP contribution in [0.25, 0.3) is 0 Å². The van der Waals surface area contributed by atoms with Crippen LogP contribution in [0.4, 0.5) is 14.9 Å². The minimum atomic E-state index is -1.14. The van der Waals surface area contributed by atoms with Gasteiger partial charge in [0, 0.05) is 5.02 Å². The lowest BCUT2D eigenvalue weighted by Gasteiger charge is -2.17. The van der Waals surface area contributed by atoms with Crippen molar-refractivity contribution in [2.45, 2.75) is 26.3 Å². The van der Waals surface area contributed by atoms with E-state index < -0.39 is 23.9 Å². The Hall–Kier alpha value is -1.82. The van der Waals surface area contributed by atoms with E-state index in [0.717, 1.165) is 6.07 Å². The Kier molecular flexibility index (Phi) is 5.76. The number of benzene rings is 1. The highest BCUT2D eigenvalue weighted by atomic mass is 35.5. The van der Waals surface area contributed by atoms with Crippen LogP contribution in [0.5, 0.6) is 0 Å². The highest BCUT2D eigenvalue weighted by Crippen LogP contribution is 2.19. The summed E-state index contributed by atoms with van der Waals surface area (Å²) in [5, 5.41) is 13.8. The third-order valence-electron chi connectivity index (χ3n) is 2.49. The second-order valence-corrected chi connectivity index (χ2v) is 5.18. The van der Waals surface area contributed by atoms with Gasteiger partial charge in [-0.3, -0.25) is 0 Å². The molecular weight excluding hydrogens is 287 g/mol. The zero-order valence-corrected chi connectivity index (χ0v) is 11.9. The second-order valence-electron chi connectivity index (χ2n) is 4.74. The molecule has 0 aromatic heterocycles. The maximum Gasteiger partial charge on any atom is 0.326 e. The summed E-state index contributed by atoms with van der Waals surface area (Å²) in [6, 6.07) is 1.88. The molecule has 1 rings (SSSR count). The number of hydrogen-bond donors (Lipinski definition) is 3. The van der Waals surface area contributed by atoms with E-state index in [4.69, 9.17) is 16.7 Å². The quantitative estimate of drug-likeness (QED) is 0.782. The number of nitrogens with one attached hydrogen (secondary N) is 2. The van der Waals surface area contributed by atoms with Gasteiger partial charge in [0.05, 0.1) is 5.69 Å². The van der Waals surface area contributed by atoms with E-state index in [1.165, 1.54) is 12.1 Å². The van der Waals surface area contributed by atoms with Crippen LogP contribution in [0.15, 0.2) is 18.2 Å². The number of rotatable bonds is 5. The molecule has 0 spiro atoms. The fourth-order valence-electron chi connectivity index (χ4n) is 1.60. The van der Waals surface area contributed by atoms with E-state index >= 15 is 0 Å². The molecule has 3 N–H and O–H groups in total. The van der Waals surface area contributed by atoms with Crippen molar-refractivity contribution in [3.05, 3.63) is 29.0 Å². The molecular formula is C13H16ClFN2O3. The lowest BCUT2D eigenvalue weighted by atomic mass is 10.0. The zero-order valence-electron chi connectivity index (χ0n) is 11.1. The largest absolute Gasteiger partial charge is 0.480 e. The first-order valence-corrected chi connectivity index (χ1v) is 6.42. The van der Waals surface area contributed by atoms with Gasteiger partial charge in [-0.15, -0.1) is 0 Å². The molecule has 0 bridgehead atoms. The van der Waals surface area contributed by atoms with Crippen molar-refractivity contribution >= 4 is 29.3 Å². The van der Waals surface area contributed by atoms with Gasteiger partial charge in [-0.1, -0.05) is 25.4 Å². The molecule has 20 heavy (non-hydrogen) atoms. The molecule has 1 aromatic rings. The van der Waals surface area contributed by atoms with Crippen molar-refractivity contribution in [2.24, 2.45) is 5.92 Å². The average Bonchev–Trinajstić information content (AvgIpc) is 2.32.